The molecule has 0 radical (unpaired) electrons. The highest BCUT2D eigenvalue weighted by atomic mass is 32.2. The number of hydrogen-bond donors (Lipinski definition) is 1. The zero-order valence-electron chi connectivity index (χ0n) is 10.7. The van der Waals surface area contributed by atoms with Crippen LogP contribution in [0.5, 0.6) is 0 Å². The Bertz CT molecular complexity index is 399. The highest BCUT2D eigenvalue weighted by Crippen LogP contribution is 2.46. The van der Waals surface area contributed by atoms with Gasteiger partial charge in [0.25, 0.3) is 0 Å². The lowest BCUT2D eigenvalue weighted by Gasteiger charge is -2.33. The van der Waals surface area contributed by atoms with Gasteiger partial charge in [0.15, 0.2) is 0 Å². The maximum absolute atomic E-state index is 13.7. The van der Waals surface area contributed by atoms with E-state index in [1.807, 2.05) is 30.9 Å². The predicted molar refractivity (Wildman–Crippen MR) is 73.0 cm³/mol. The van der Waals surface area contributed by atoms with Crippen molar-refractivity contribution in [2.75, 3.05) is 12.8 Å². The molecule has 94 valence electrons. The van der Waals surface area contributed by atoms with Gasteiger partial charge in [-0.3, -0.25) is 0 Å². The van der Waals surface area contributed by atoms with E-state index < -0.39 is 0 Å². The van der Waals surface area contributed by atoms with Gasteiger partial charge in [0, 0.05) is 10.8 Å². The van der Waals surface area contributed by atoms with E-state index in [-0.39, 0.29) is 16.6 Å². The number of aryl methyl sites for hydroxylation is 1. The minimum Gasteiger partial charge on any atom is -0.312 e. The summed E-state index contributed by atoms with van der Waals surface area (Å²) >= 11 is 2.00. The summed E-state index contributed by atoms with van der Waals surface area (Å²) in [5, 5.41) is 3.36. The summed E-state index contributed by atoms with van der Waals surface area (Å²) in [7, 11) is 1.96. The summed E-state index contributed by atoms with van der Waals surface area (Å²) in [4.78, 5) is 0. The van der Waals surface area contributed by atoms with E-state index in [0.29, 0.717) is 5.56 Å². The molecule has 1 aliphatic rings. The SMILES string of the molecule is CNC(c1ccc(C)c(F)c1)C1(C)CCCS1. The van der Waals surface area contributed by atoms with Gasteiger partial charge in [-0.1, -0.05) is 12.1 Å². The number of thioether (sulfide) groups is 1. The second-order valence-corrected chi connectivity index (χ2v) is 6.62. The van der Waals surface area contributed by atoms with Crippen LogP contribution >= 0.6 is 11.8 Å². The topological polar surface area (TPSA) is 12.0 Å². The van der Waals surface area contributed by atoms with Crippen molar-refractivity contribution in [3.05, 3.63) is 35.1 Å². The summed E-state index contributed by atoms with van der Waals surface area (Å²) in [5.41, 5.74) is 1.78. The van der Waals surface area contributed by atoms with Crippen molar-refractivity contribution in [2.24, 2.45) is 0 Å². The van der Waals surface area contributed by atoms with Crippen molar-refractivity contribution in [2.45, 2.75) is 37.5 Å². The van der Waals surface area contributed by atoms with Gasteiger partial charge in [-0.15, -0.1) is 0 Å². The molecule has 3 heteroatoms. The molecule has 0 saturated carbocycles. The number of nitrogens with one attached hydrogen (secondary N) is 1. The lowest BCUT2D eigenvalue weighted by molar-refractivity contribution is 0.438. The molecule has 1 aromatic carbocycles. The molecule has 1 aromatic rings. The van der Waals surface area contributed by atoms with E-state index in [4.69, 9.17) is 0 Å². The molecule has 2 unspecified atom stereocenters. The average Bonchev–Trinajstić information content (AvgIpc) is 2.72. The molecule has 1 fully saturated rings. The van der Waals surface area contributed by atoms with Crippen LogP contribution in [0.3, 0.4) is 0 Å². The normalized spacial score (nSPS) is 26.1. The molecule has 0 aromatic heterocycles. The van der Waals surface area contributed by atoms with Crippen molar-refractivity contribution in [1.82, 2.24) is 5.32 Å². The lowest BCUT2D eigenvalue weighted by atomic mass is 9.90. The zero-order valence-corrected chi connectivity index (χ0v) is 11.5. The first-order valence-corrected chi connectivity index (χ1v) is 7.12. The minimum absolute atomic E-state index is 0.102. The molecule has 2 atom stereocenters. The summed E-state index contributed by atoms with van der Waals surface area (Å²) in [6.45, 7) is 4.09. The van der Waals surface area contributed by atoms with Gasteiger partial charge >= 0.3 is 0 Å². The van der Waals surface area contributed by atoms with Crippen LogP contribution in [0.15, 0.2) is 18.2 Å². The quantitative estimate of drug-likeness (QED) is 0.882. The van der Waals surface area contributed by atoms with Crippen LogP contribution in [0.1, 0.15) is 36.9 Å². The Kier molecular flexibility index (Phi) is 3.79. The molecule has 1 saturated heterocycles. The van der Waals surface area contributed by atoms with Crippen LogP contribution in [0.25, 0.3) is 0 Å². The van der Waals surface area contributed by atoms with Crippen molar-refractivity contribution in [1.29, 1.82) is 0 Å². The Balaban J connectivity index is 2.31. The number of hydrogen-bond acceptors (Lipinski definition) is 2. The van der Waals surface area contributed by atoms with Gasteiger partial charge in [0.05, 0.1) is 0 Å². The molecule has 0 bridgehead atoms. The predicted octanol–water partition coefficient (Wildman–Crippen LogP) is 3.68. The number of benzene rings is 1. The molecular weight excluding hydrogens is 233 g/mol. The molecule has 17 heavy (non-hydrogen) atoms. The van der Waals surface area contributed by atoms with Crippen LogP contribution in [0.2, 0.25) is 0 Å². The van der Waals surface area contributed by atoms with Crippen molar-refractivity contribution >= 4 is 11.8 Å². The first-order valence-electron chi connectivity index (χ1n) is 6.14. The van der Waals surface area contributed by atoms with Crippen LogP contribution in [0.4, 0.5) is 4.39 Å². The van der Waals surface area contributed by atoms with E-state index in [1.54, 1.807) is 13.0 Å². The third kappa shape index (κ3) is 2.50. The highest BCUT2D eigenvalue weighted by molar-refractivity contribution is 8.00. The fourth-order valence-electron chi connectivity index (χ4n) is 2.64. The number of halogens is 1. The Hall–Kier alpha value is -0.540. The van der Waals surface area contributed by atoms with Crippen LogP contribution in [-0.4, -0.2) is 17.5 Å². The minimum atomic E-state index is -0.102. The van der Waals surface area contributed by atoms with E-state index in [1.165, 1.54) is 18.6 Å². The molecule has 0 amide bonds. The Morgan fingerprint density at radius 1 is 1.47 bits per heavy atom. The van der Waals surface area contributed by atoms with E-state index >= 15 is 0 Å². The monoisotopic (exact) mass is 253 g/mol. The molecule has 1 N–H and O–H groups in total. The molecule has 2 rings (SSSR count). The standard InChI is InChI=1S/C14H20FNS/c1-10-5-6-11(9-12(10)15)13(16-3)14(2)7-4-8-17-14/h5-6,9,13,16H,4,7-8H2,1-3H3. The molecule has 1 nitrogen and oxygen atoms in total. The molecule has 0 spiro atoms. The molecular formula is C14H20FNS. The Morgan fingerprint density at radius 3 is 2.76 bits per heavy atom. The fourth-order valence-corrected chi connectivity index (χ4v) is 4.11. The van der Waals surface area contributed by atoms with E-state index in [2.05, 4.69) is 12.2 Å². The van der Waals surface area contributed by atoms with Crippen LogP contribution in [-0.2, 0) is 0 Å². The molecule has 0 aliphatic carbocycles. The maximum Gasteiger partial charge on any atom is 0.126 e. The van der Waals surface area contributed by atoms with Gasteiger partial charge in [-0.05, 0) is 56.7 Å². The smallest absolute Gasteiger partial charge is 0.126 e. The van der Waals surface area contributed by atoms with Crippen LogP contribution < -0.4 is 5.32 Å². The van der Waals surface area contributed by atoms with Crippen molar-refractivity contribution in [3.63, 3.8) is 0 Å². The van der Waals surface area contributed by atoms with Gasteiger partial charge in [0.2, 0.25) is 0 Å². The lowest BCUT2D eigenvalue weighted by Crippen LogP contribution is -2.35. The second-order valence-electron chi connectivity index (χ2n) is 4.99. The summed E-state index contributed by atoms with van der Waals surface area (Å²) in [6, 6.07) is 5.83. The van der Waals surface area contributed by atoms with Crippen LogP contribution in [0, 0.1) is 12.7 Å². The van der Waals surface area contributed by atoms with Gasteiger partial charge in [-0.2, -0.15) is 11.8 Å². The van der Waals surface area contributed by atoms with Gasteiger partial charge in [-0.25, -0.2) is 4.39 Å². The van der Waals surface area contributed by atoms with Crippen molar-refractivity contribution in [3.8, 4) is 0 Å². The first-order chi connectivity index (χ1) is 8.07. The average molecular weight is 253 g/mol. The zero-order chi connectivity index (χ0) is 12.5. The summed E-state index contributed by atoms with van der Waals surface area (Å²) < 4.78 is 13.8. The van der Waals surface area contributed by atoms with E-state index in [9.17, 15) is 4.39 Å². The van der Waals surface area contributed by atoms with Gasteiger partial charge in [0.1, 0.15) is 5.82 Å². The van der Waals surface area contributed by atoms with Crippen molar-refractivity contribution < 1.29 is 4.39 Å². The Morgan fingerprint density at radius 2 is 2.24 bits per heavy atom. The van der Waals surface area contributed by atoms with E-state index in [0.717, 1.165) is 5.56 Å². The Labute approximate surface area is 107 Å². The second kappa shape index (κ2) is 4.99. The highest BCUT2D eigenvalue weighted by Gasteiger charge is 2.38. The third-order valence-electron chi connectivity index (χ3n) is 3.68. The molecule has 1 heterocycles. The molecule has 1 aliphatic heterocycles. The summed E-state index contributed by atoms with van der Waals surface area (Å²) in [6.07, 6.45) is 2.45. The maximum atomic E-state index is 13.7. The number of rotatable bonds is 3. The first kappa shape index (κ1) is 12.9. The third-order valence-corrected chi connectivity index (χ3v) is 5.27. The van der Waals surface area contributed by atoms with Gasteiger partial charge < -0.3 is 5.32 Å². The fraction of sp³-hybridized carbons (Fsp3) is 0.571. The summed E-state index contributed by atoms with van der Waals surface area (Å²) in [5.74, 6) is 1.11. The largest absolute Gasteiger partial charge is 0.312 e.